The molecule has 0 heterocycles. The van der Waals surface area contributed by atoms with Crippen LogP contribution >= 0.6 is 0 Å². The highest BCUT2D eigenvalue weighted by Crippen LogP contribution is 2.28. The quantitative estimate of drug-likeness (QED) is 0.667. The van der Waals surface area contributed by atoms with Gasteiger partial charge >= 0.3 is 5.97 Å². The molecule has 1 saturated carbocycles. The molecule has 0 bridgehead atoms. The first kappa shape index (κ1) is 17.0. The van der Waals surface area contributed by atoms with Crippen LogP contribution in [0, 0.1) is 5.41 Å². The lowest BCUT2D eigenvalue weighted by Gasteiger charge is -2.32. The Balaban J connectivity index is 2.32. The Morgan fingerprint density at radius 3 is 2.35 bits per heavy atom. The standard InChI is InChI=1S/C15H28N2O3/c1-14(2,9-6-12(18)19)10-11-17-13(20)15(16)7-4-3-5-8-15/h3-11,16H2,1-2H3,(H,17,20)(H,18,19). The third-order valence-corrected chi connectivity index (χ3v) is 4.30. The average molecular weight is 284 g/mol. The van der Waals surface area contributed by atoms with Crippen LogP contribution in [0.2, 0.25) is 0 Å². The molecule has 0 spiro atoms. The van der Waals surface area contributed by atoms with Gasteiger partial charge in [-0.1, -0.05) is 33.1 Å². The number of nitrogens with one attached hydrogen (secondary N) is 1. The van der Waals surface area contributed by atoms with Gasteiger partial charge in [-0.05, 0) is 31.1 Å². The Morgan fingerprint density at radius 1 is 1.20 bits per heavy atom. The van der Waals surface area contributed by atoms with Crippen molar-refractivity contribution in [3.63, 3.8) is 0 Å². The molecule has 0 saturated heterocycles. The number of nitrogens with two attached hydrogens (primary N) is 1. The van der Waals surface area contributed by atoms with Crippen LogP contribution in [0.5, 0.6) is 0 Å². The molecule has 20 heavy (non-hydrogen) atoms. The molecule has 0 aromatic rings. The normalized spacial score (nSPS) is 18.6. The van der Waals surface area contributed by atoms with E-state index < -0.39 is 11.5 Å². The molecule has 1 rings (SSSR count). The van der Waals surface area contributed by atoms with Crippen LogP contribution in [-0.4, -0.2) is 29.1 Å². The van der Waals surface area contributed by atoms with Gasteiger partial charge in [0.05, 0.1) is 5.54 Å². The van der Waals surface area contributed by atoms with E-state index in [0.29, 0.717) is 13.0 Å². The van der Waals surface area contributed by atoms with Crippen molar-refractivity contribution < 1.29 is 14.7 Å². The van der Waals surface area contributed by atoms with Gasteiger partial charge in [0, 0.05) is 13.0 Å². The van der Waals surface area contributed by atoms with Crippen LogP contribution in [0.15, 0.2) is 0 Å². The molecule has 116 valence electrons. The summed E-state index contributed by atoms with van der Waals surface area (Å²) in [4.78, 5) is 22.7. The lowest BCUT2D eigenvalue weighted by atomic mass is 9.81. The average Bonchev–Trinajstić information content (AvgIpc) is 2.37. The van der Waals surface area contributed by atoms with Crippen molar-refractivity contribution in [2.75, 3.05) is 6.54 Å². The minimum atomic E-state index is -0.773. The molecular formula is C15H28N2O3. The Kier molecular flexibility index (Phi) is 5.99. The summed E-state index contributed by atoms with van der Waals surface area (Å²) in [5.74, 6) is -0.823. The van der Waals surface area contributed by atoms with Crippen molar-refractivity contribution in [1.29, 1.82) is 0 Å². The number of hydrogen-bond acceptors (Lipinski definition) is 3. The molecule has 0 atom stereocenters. The first-order valence-corrected chi connectivity index (χ1v) is 7.54. The summed E-state index contributed by atoms with van der Waals surface area (Å²) >= 11 is 0. The van der Waals surface area contributed by atoms with E-state index in [1.165, 1.54) is 0 Å². The molecule has 0 radical (unpaired) electrons. The van der Waals surface area contributed by atoms with E-state index in [2.05, 4.69) is 5.32 Å². The van der Waals surface area contributed by atoms with Crippen molar-refractivity contribution in [2.24, 2.45) is 11.1 Å². The molecule has 0 aromatic carbocycles. The third kappa shape index (κ3) is 5.49. The fourth-order valence-electron chi connectivity index (χ4n) is 2.67. The van der Waals surface area contributed by atoms with Gasteiger partial charge < -0.3 is 16.2 Å². The molecule has 1 fully saturated rings. The fraction of sp³-hybridized carbons (Fsp3) is 0.867. The third-order valence-electron chi connectivity index (χ3n) is 4.30. The number of carboxylic acid groups (broad SMARTS) is 1. The molecule has 1 amide bonds. The minimum Gasteiger partial charge on any atom is -0.481 e. The second-order valence-corrected chi connectivity index (χ2v) is 6.78. The highest BCUT2D eigenvalue weighted by molar-refractivity contribution is 5.86. The summed E-state index contributed by atoms with van der Waals surface area (Å²) in [5, 5.41) is 11.6. The summed E-state index contributed by atoms with van der Waals surface area (Å²) in [6, 6.07) is 0. The van der Waals surface area contributed by atoms with Crippen LogP contribution in [0.25, 0.3) is 0 Å². The fourth-order valence-corrected chi connectivity index (χ4v) is 2.67. The number of rotatable bonds is 7. The molecule has 0 aliphatic heterocycles. The maximum absolute atomic E-state index is 12.1. The molecule has 1 aliphatic carbocycles. The van der Waals surface area contributed by atoms with Gasteiger partial charge in [0.2, 0.25) is 5.91 Å². The van der Waals surface area contributed by atoms with E-state index in [0.717, 1.165) is 38.5 Å². The van der Waals surface area contributed by atoms with E-state index in [1.807, 2.05) is 13.8 Å². The maximum atomic E-state index is 12.1. The Morgan fingerprint density at radius 2 is 1.80 bits per heavy atom. The van der Waals surface area contributed by atoms with Gasteiger partial charge in [0.15, 0.2) is 0 Å². The van der Waals surface area contributed by atoms with Crippen LogP contribution in [0.4, 0.5) is 0 Å². The first-order valence-electron chi connectivity index (χ1n) is 7.54. The zero-order chi connectivity index (χ0) is 15.2. The van der Waals surface area contributed by atoms with Gasteiger partial charge in [-0.15, -0.1) is 0 Å². The predicted molar refractivity (Wildman–Crippen MR) is 78.3 cm³/mol. The van der Waals surface area contributed by atoms with Crippen LogP contribution in [0.3, 0.4) is 0 Å². The Labute approximate surface area is 121 Å². The van der Waals surface area contributed by atoms with E-state index in [9.17, 15) is 9.59 Å². The molecule has 1 aliphatic rings. The summed E-state index contributed by atoms with van der Waals surface area (Å²) in [6.45, 7) is 4.62. The van der Waals surface area contributed by atoms with Gasteiger partial charge in [0.25, 0.3) is 0 Å². The van der Waals surface area contributed by atoms with Crippen molar-refractivity contribution in [2.45, 2.75) is 70.8 Å². The smallest absolute Gasteiger partial charge is 0.303 e. The summed E-state index contributed by atoms with van der Waals surface area (Å²) in [5.41, 5.74) is 5.39. The first-order chi connectivity index (χ1) is 9.25. The number of aliphatic carboxylic acids is 1. The summed E-state index contributed by atoms with van der Waals surface area (Å²) in [6.07, 6.45) is 6.29. The topological polar surface area (TPSA) is 92.4 Å². The van der Waals surface area contributed by atoms with Crippen LogP contribution in [-0.2, 0) is 9.59 Å². The second-order valence-electron chi connectivity index (χ2n) is 6.78. The highest BCUT2D eigenvalue weighted by atomic mass is 16.4. The van der Waals surface area contributed by atoms with Gasteiger partial charge in [-0.2, -0.15) is 0 Å². The van der Waals surface area contributed by atoms with Gasteiger partial charge in [0.1, 0.15) is 0 Å². The van der Waals surface area contributed by atoms with Crippen molar-refractivity contribution >= 4 is 11.9 Å². The van der Waals surface area contributed by atoms with E-state index in [4.69, 9.17) is 10.8 Å². The Hall–Kier alpha value is -1.10. The van der Waals surface area contributed by atoms with Crippen LogP contribution in [0.1, 0.15) is 65.2 Å². The molecule has 0 unspecified atom stereocenters. The Bertz CT molecular complexity index is 347. The largest absolute Gasteiger partial charge is 0.481 e. The van der Waals surface area contributed by atoms with E-state index in [-0.39, 0.29) is 17.7 Å². The van der Waals surface area contributed by atoms with Crippen molar-refractivity contribution in [3.8, 4) is 0 Å². The zero-order valence-electron chi connectivity index (χ0n) is 12.7. The monoisotopic (exact) mass is 284 g/mol. The van der Waals surface area contributed by atoms with Crippen molar-refractivity contribution in [1.82, 2.24) is 5.32 Å². The number of carbonyl (C=O) groups excluding carboxylic acids is 1. The molecular weight excluding hydrogens is 256 g/mol. The lowest BCUT2D eigenvalue weighted by molar-refractivity contribution is -0.137. The number of hydrogen-bond donors (Lipinski definition) is 3. The SMILES string of the molecule is CC(C)(CCNC(=O)C1(N)CCCCC1)CCC(=O)O. The number of amides is 1. The summed E-state index contributed by atoms with van der Waals surface area (Å²) in [7, 11) is 0. The molecule has 0 aromatic heterocycles. The van der Waals surface area contributed by atoms with Crippen LogP contribution < -0.4 is 11.1 Å². The summed E-state index contributed by atoms with van der Waals surface area (Å²) < 4.78 is 0. The molecule has 4 N–H and O–H groups in total. The van der Waals surface area contributed by atoms with E-state index >= 15 is 0 Å². The van der Waals surface area contributed by atoms with Gasteiger partial charge in [-0.25, -0.2) is 0 Å². The zero-order valence-corrected chi connectivity index (χ0v) is 12.7. The number of carboxylic acids is 1. The van der Waals surface area contributed by atoms with Crippen molar-refractivity contribution in [3.05, 3.63) is 0 Å². The van der Waals surface area contributed by atoms with E-state index in [1.54, 1.807) is 0 Å². The molecule has 5 heteroatoms. The minimum absolute atomic E-state index is 0.0498. The lowest BCUT2D eigenvalue weighted by Crippen LogP contribution is -2.55. The predicted octanol–water partition coefficient (Wildman–Crippen LogP) is 2.05. The molecule has 5 nitrogen and oxygen atoms in total. The second kappa shape index (κ2) is 7.07. The number of carbonyl (C=O) groups is 2. The highest BCUT2D eigenvalue weighted by Gasteiger charge is 2.35. The van der Waals surface area contributed by atoms with Gasteiger partial charge in [-0.3, -0.25) is 9.59 Å². The maximum Gasteiger partial charge on any atom is 0.303 e.